The molecule has 5 nitrogen and oxygen atoms in total. The molecule has 1 aliphatic rings. The summed E-state index contributed by atoms with van der Waals surface area (Å²) in [5.41, 5.74) is 4.02. The van der Waals surface area contributed by atoms with Crippen LogP contribution in [0.4, 0.5) is 0 Å². The predicted octanol–water partition coefficient (Wildman–Crippen LogP) is 7.16. The van der Waals surface area contributed by atoms with E-state index in [1.165, 1.54) is 0 Å². The van der Waals surface area contributed by atoms with Crippen molar-refractivity contribution in [3.63, 3.8) is 0 Å². The van der Waals surface area contributed by atoms with Crippen molar-refractivity contribution < 1.29 is 13.7 Å². The fraction of sp³-hybridized carbons (Fsp3) is 0.0370. The van der Waals surface area contributed by atoms with Crippen LogP contribution < -0.4 is 9.05 Å². The minimum Gasteiger partial charge on any atom is -0.407 e. The Kier molecular flexibility index (Phi) is 7.33. The minimum absolute atomic E-state index is 0.584. The summed E-state index contributed by atoms with van der Waals surface area (Å²) in [6, 6.07) is 28.8. The Hall–Kier alpha value is -4.13. The van der Waals surface area contributed by atoms with Crippen molar-refractivity contribution in [2.24, 2.45) is 5.16 Å². The lowest BCUT2D eigenvalue weighted by Crippen LogP contribution is -2.00. The van der Waals surface area contributed by atoms with Crippen LogP contribution in [0.2, 0.25) is 0 Å². The third-order valence-corrected chi connectivity index (χ3v) is 5.60. The highest BCUT2D eigenvalue weighted by Crippen LogP contribution is 2.41. The molecule has 4 rings (SSSR count). The number of hydrogen-bond donors (Lipinski definition) is 0. The summed E-state index contributed by atoms with van der Waals surface area (Å²) >= 11 is 0. The maximum absolute atomic E-state index is 9.66. The van der Waals surface area contributed by atoms with Gasteiger partial charge in [-0.25, -0.2) is 0 Å². The number of rotatable bonds is 7. The molecule has 0 aliphatic heterocycles. The van der Waals surface area contributed by atoms with Crippen molar-refractivity contribution in [2.75, 3.05) is 0 Å². The molecule has 0 radical (unpaired) electrons. The number of aryl methyl sites for hydroxylation is 1. The Morgan fingerprint density at radius 1 is 0.758 bits per heavy atom. The largest absolute Gasteiger partial charge is 0.552 e. The van der Waals surface area contributed by atoms with Gasteiger partial charge in [0.1, 0.15) is 23.3 Å². The second-order valence-electron chi connectivity index (χ2n) is 7.10. The van der Waals surface area contributed by atoms with Gasteiger partial charge in [-0.3, -0.25) is 4.62 Å². The van der Waals surface area contributed by atoms with Gasteiger partial charge in [-0.15, -0.1) is 0 Å². The van der Waals surface area contributed by atoms with E-state index in [1.807, 2.05) is 104 Å². The van der Waals surface area contributed by atoms with Crippen LogP contribution in [-0.2, 0) is 4.62 Å². The number of allylic oxidation sites excluding steroid dienone is 6. The molecular weight excluding hydrogens is 431 g/mol. The fourth-order valence-corrected chi connectivity index (χ4v) is 3.82. The van der Waals surface area contributed by atoms with Crippen LogP contribution in [0.25, 0.3) is 5.57 Å². The second kappa shape index (κ2) is 10.9. The molecule has 3 aromatic rings. The Morgan fingerprint density at radius 2 is 1.30 bits per heavy atom. The molecular formula is C27H21N2O3P. The number of oxime groups is 1. The lowest BCUT2D eigenvalue weighted by Gasteiger charge is -2.15. The first-order chi connectivity index (χ1) is 16.2. The van der Waals surface area contributed by atoms with Gasteiger partial charge in [0, 0.05) is 0 Å². The van der Waals surface area contributed by atoms with Crippen LogP contribution in [-0.4, -0.2) is 5.71 Å². The van der Waals surface area contributed by atoms with E-state index in [9.17, 15) is 5.26 Å². The predicted molar refractivity (Wildman–Crippen MR) is 132 cm³/mol. The van der Waals surface area contributed by atoms with E-state index >= 15 is 0 Å². The molecule has 1 aliphatic carbocycles. The maximum Gasteiger partial charge on any atom is 0.552 e. The number of nitriles is 1. The average molecular weight is 452 g/mol. The van der Waals surface area contributed by atoms with Gasteiger partial charge in [-0.2, -0.15) is 5.26 Å². The van der Waals surface area contributed by atoms with Gasteiger partial charge >= 0.3 is 8.60 Å². The zero-order chi connectivity index (χ0) is 22.9. The molecule has 0 amide bonds. The van der Waals surface area contributed by atoms with Crippen molar-refractivity contribution in [2.45, 2.75) is 6.92 Å². The monoisotopic (exact) mass is 452 g/mol. The lowest BCUT2D eigenvalue weighted by atomic mass is 9.97. The molecule has 0 unspecified atom stereocenters. The number of nitrogens with zero attached hydrogens (tertiary/aromatic N) is 2. The first-order valence-corrected chi connectivity index (χ1v) is 11.4. The molecule has 33 heavy (non-hydrogen) atoms. The lowest BCUT2D eigenvalue weighted by molar-refractivity contribution is 0.280. The van der Waals surface area contributed by atoms with Gasteiger partial charge in [0.25, 0.3) is 0 Å². The second-order valence-corrected chi connectivity index (χ2v) is 8.08. The third-order valence-electron chi connectivity index (χ3n) is 4.67. The van der Waals surface area contributed by atoms with Crippen LogP contribution in [0, 0.1) is 18.3 Å². The highest BCUT2D eigenvalue weighted by Gasteiger charge is 2.19. The van der Waals surface area contributed by atoms with Crippen LogP contribution in [0.15, 0.2) is 120 Å². The summed E-state index contributed by atoms with van der Waals surface area (Å²) in [6.45, 7) is 2.02. The first-order valence-electron chi connectivity index (χ1n) is 10.3. The molecule has 0 heterocycles. The molecule has 0 N–H and O–H groups in total. The topological polar surface area (TPSA) is 63.8 Å². The van der Waals surface area contributed by atoms with E-state index in [4.69, 9.17) is 13.7 Å². The molecule has 162 valence electrons. The highest BCUT2D eigenvalue weighted by atomic mass is 31.2. The fourth-order valence-electron chi connectivity index (χ4n) is 2.97. The van der Waals surface area contributed by atoms with E-state index in [0.29, 0.717) is 22.8 Å². The number of para-hydroxylation sites is 2. The van der Waals surface area contributed by atoms with Crippen LogP contribution in [0.3, 0.4) is 0 Å². The van der Waals surface area contributed by atoms with Gasteiger partial charge in [0.15, 0.2) is 0 Å². The Balaban J connectivity index is 1.49. The van der Waals surface area contributed by atoms with Gasteiger partial charge in [-0.05, 0) is 54.5 Å². The molecule has 0 saturated carbocycles. The van der Waals surface area contributed by atoms with Crippen molar-refractivity contribution >= 4 is 19.9 Å². The zero-order valence-electron chi connectivity index (χ0n) is 18.0. The molecule has 0 atom stereocenters. The summed E-state index contributed by atoms with van der Waals surface area (Å²) in [4.78, 5) is 0. The summed E-state index contributed by atoms with van der Waals surface area (Å²) in [6.07, 6.45) is 7.27. The van der Waals surface area contributed by atoms with E-state index in [-0.39, 0.29) is 0 Å². The van der Waals surface area contributed by atoms with Crippen LogP contribution >= 0.6 is 8.60 Å². The van der Waals surface area contributed by atoms with Gasteiger partial charge < -0.3 is 9.05 Å². The molecule has 6 heteroatoms. The molecule has 0 spiro atoms. The highest BCUT2D eigenvalue weighted by molar-refractivity contribution is 7.42. The summed E-state index contributed by atoms with van der Waals surface area (Å²) < 4.78 is 17.4. The minimum atomic E-state index is -1.82. The maximum atomic E-state index is 9.66. The van der Waals surface area contributed by atoms with Gasteiger partial charge in [-0.1, -0.05) is 83.5 Å². The van der Waals surface area contributed by atoms with Crippen molar-refractivity contribution in [3.05, 3.63) is 126 Å². The number of benzene rings is 3. The molecule has 0 bridgehead atoms. The molecule has 3 aromatic carbocycles. The first kappa shape index (κ1) is 22.1. The zero-order valence-corrected chi connectivity index (χ0v) is 18.9. The summed E-state index contributed by atoms with van der Waals surface area (Å²) in [7, 11) is -1.82. The quantitative estimate of drug-likeness (QED) is 0.217. The number of hydrogen-bond acceptors (Lipinski definition) is 5. The summed E-state index contributed by atoms with van der Waals surface area (Å²) in [5.74, 6) is 1.24. The Labute approximate surface area is 194 Å². The summed E-state index contributed by atoms with van der Waals surface area (Å²) in [5, 5.41) is 13.9. The van der Waals surface area contributed by atoms with Crippen LogP contribution in [0.5, 0.6) is 11.5 Å². The van der Waals surface area contributed by atoms with E-state index in [0.717, 1.165) is 16.7 Å². The van der Waals surface area contributed by atoms with Gasteiger partial charge in [0.2, 0.25) is 0 Å². The van der Waals surface area contributed by atoms with Crippen LogP contribution in [0.1, 0.15) is 11.1 Å². The molecule has 0 saturated heterocycles. The molecule has 0 fully saturated rings. The Bertz CT molecular complexity index is 1180. The standard InChI is InChI=1S/C27H21N2O3P/c1-21-12-14-22(15-13-21)27(20-28)23-16-18-24(19-17-23)29-32-33(30-25-8-4-2-5-9-25)31-26-10-6-3-7-11-26/h2-19H,1H3. The smallest absolute Gasteiger partial charge is 0.407 e. The Morgan fingerprint density at radius 3 is 1.82 bits per heavy atom. The third kappa shape index (κ3) is 6.20. The van der Waals surface area contributed by atoms with E-state index < -0.39 is 8.60 Å². The normalized spacial score (nSPS) is 12.3. The SMILES string of the molecule is Cc1ccc(C(C#N)=C2C=CC(=NOP(Oc3ccccc3)Oc3ccccc3)C=C2)cc1. The molecule has 0 aromatic heterocycles. The van der Waals surface area contributed by atoms with Crippen molar-refractivity contribution in [1.29, 1.82) is 5.26 Å². The van der Waals surface area contributed by atoms with E-state index in [2.05, 4.69) is 11.2 Å². The van der Waals surface area contributed by atoms with E-state index in [1.54, 1.807) is 12.2 Å². The van der Waals surface area contributed by atoms with Gasteiger partial charge in [0.05, 0.1) is 5.57 Å². The van der Waals surface area contributed by atoms with Crippen molar-refractivity contribution in [3.8, 4) is 17.6 Å². The average Bonchev–Trinajstić information content (AvgIpc) is 2.86. The van der Waals surface area contributed by atoms with Crippen molar-refractivity contribution in [1.82, 2.24) is 0 Å².